The van der Waals surface area contributed by atoms with Crippen LogP contribution in [0.5, 0.6) is 0 Å². The largest absolute Gasteiger partial charge is 0.379 e. The number of hydrogen-bond acceptors (Lipinski definition) is 5. The molecule has 3 rings (SSSR count). The number of nitrogens with zero attached hydrogens (tertiary/aromatic N) is 4. The van der Waals surface area contributed by atoms with Crippen molar-refractivity contribution in [3.05, 3.63) is 24.4 Å². The summed E-state index contributed by atoms with van der Waals surface area (Å²) >= 11 is 0. The van der Waals surface area contributed by atoms with Crippen LogP contribution in [0, 0.1) is 0 Å². The van der Waals surface area contributed by atoms with Crippen LogP contribution >= 0.6 is 0 Å². The third-order valence-electron chi connectivity index (χ3n) is 3.24. The van der Waals surface area contributed by atoms with E-state index in [0.717, 1.165) is 11.5 Å². The van der Waals surface area contributed by atoms with E-state index < -0.39 is 0 Å². The zero-order valence-electron chi connectivity index (χ0n) is 9.00. The molecule has 2 unspecified atom stereocenters. The van der Waals surface area contributed by atoms with Gasteiger partial charge in [-0.2, -0.15) is 0 Å². The summed E-state index contributed by atoms with van der Waals surface area (Å²) in [4.78, 5) is 4.01. The van der Waals surface area contributed by atoms with Gasteiger partial charge in [0.2, 0.25) is 0 Å². The maximum absolute atomic E-state index is 6.07. The molecule has 84 valence electrons. The van der Waals surface area contributed by atoms with Crippen LogP contribution < -0.4 is 5.73 Å². The van der Waals surface area contributed by atoms with Gasteiger partial charge in [-0.3, -0.25) is 9.38 Å². The van der Waals surface area contributed by atoms with Gasteiger partial charge in [0.25, 0.3) is 0 Å². The molecule has 2 atom stereocenters. The van der Waals surface area contributed by atoms with Gasteiger partial charge in [0, 0.05) is 18.4 Å². The van der Waals surface area contributed by atoms with Crippen molar-refractivity contribution < 1.29 is 4.74 Å². The summed E-state index contributed by atoms with van der Waals surface area (Å²) in [7, 11) is 0. The first-order chi connectivity index (χ1) is 7.72. The molecular formula is C10H13N5O. The van der Waals surface area contributed by atoms with Crippen LogP contribution in [-0.4, -0.2) is 38.8 Å². The van der Waals surface area contributed by atoms with Crippen LogP contribution in [0.25, 0.3) is 5.65 Å². The summed E-state index contributed by atoms with van der Waals surface area (Å²) < 4.78 is 7.34. The SMILES string of the molecule is CC1(c2nnc3cnccn23)COCC1N. The highest BCUT2D eigenvalue weighted by Gasteiger charge is 2.42. The molecule has 1 fully saturated rings. The Labute approximate surface area is 92.4 Å². The maximum Gasteiger partial charge on any atom is 0.179 e. The van der Waals surface area contributed by atoms with Crippen molar-refractivity contribution in [2.75, 3.05) is 13.2 Å². The van der Waals surface area contributed by atoms with Crippen molar-refractivity contribution in [3.63, 3.8) is 0 Å². The molecule has 2 aromatic rings. The van der Waals surface area contributed by atoms with Crippen molar-refractivity contribution in [2.24, 2.45) is 5.73 Å². The molecule has 0 bridgehead atoms. The van der Waals surface area contributed by atoms with Crippen molar-refractivity contribution in [1.29, 1.82) is 0 Å². The lowest BCUT2D eigenvalue weighted by Crippen LogP contribution is -2.43. The maximum atomic E-state index is 6.07. The fraction of sp³-hybridized carbons (Fsp3) is 0.500. The molecule has 2 aromatic heterocycles. The second-order valence-corrected chi connectivity index (χ2v) is 4.37. The second-order valence-electron chi connectivity index (χ2n) is 4.37. The molecule has 0 aromatic carbocycles. The minimum absolute atomic E-state index is 0.0481. The Balaban J connectivity index is 2.19. The number of fused-ring (bicyclic) bond motifs is 1. The van der Waals surface area contributed by atoms with E-state index in [9.17, 15) is 0 Å². The van der Waals surface area contributed by atoms with Gasteiger partial charge in [0.15, 0.2) is 5.65 Å². The van der Waals surface area contributed by atoms with E-state index in [4.69, 9.17) is 10.5 Å². The normalized spacial score (nSPS) is 30.0. The van der Waals surface area contributed by atoms with E-state index in [1.54, 1.807) is 12.4 Å². The summed E-state index contributed by atoms with van der Waals surface area (Å²) in [5.74, 6) is 0.843. The van der Waals surface area contributed by atoms with Gasteiger partial charge in [-0.25, -0.2) is 0 Å². The smallest absolute Gasteiger partial charge is 0.179 e. The summed E-state index contributed by atoms with van der Waals surface area (Å²) in [6.45, 7) is 3.20. The summed E-state index contributed by atoms with van der Waals surface area (Å²) in [5, 5.41) is 8.29. The topological polar surface area (TPSA) is 78.3 Å². The van der Waals surface area contributed by atoms with E-state index in [2.05, 4.69) is 22.1 Å². The third kappa shape index (κ3) is 1.17. The Hall–Kier alpha value is -1.53. The standard InChI is InChI=1S/C10H13N5O/c1-10(6-16-5-7(10)11)9-14-13-8-4-12-2-3-15(8)9/h2-4,7H,5-6,11H2,1H3. The average Bonchev–Trinajstić information content (AvgIpc) is 2.85. The quantitative estimate of drug-likeness (QED) is 0.715. The van der Waals surface area contributed by atoms with Crippen LogP contribution in [0.4, 0.5) is 0 Å². The highest BCUT2D eigenvalue weighted by atomic mass is 16.5. The Kier molecular flexibility index (Phi) is 1.95. The highest BCUT2D eigenvalue weighted by molar-refractivity contribution is 5.36. The molecule has 0 radical (unpaired) electrons. The molecule has 16 heavy (non-hydrogen) atoms. The monoisotopic (exact) mass is 219 g/mol. The fourth-order valence-corrected chi connectivity index (χ4v) is 2.06. The predicted molar refractivity (Wildman–Crippen MR) is 56.9 cm³/mol. The van der Waals surface area contributed by atoms with Crippen molar-refractivity contribution in [3.8, 4) is 0 Å². The van der Waals surface area contributed by atoms with E-state index >= 15 is 0 Å². The highest BCUT2D eigenvalue weighted by Crippen LogP contribution is 2.30. The van der Waals surface area contributed by atoms with Gasteiger partial charge < -0.3 is 10.5 Å². The van der Waals surface area contributed by atoms with Crippen LogP contribution in [0.2, 0.25) is 0 Å². The molecule has 1 aliphatic rings. The minimum Gasteiger partial charge on any atom is -0.379 e. The first-order valence-corrected chi connectivity index (χ1v) is 5.20. The van der Waals surface area contributed by atoms with Crippen molar-refractivity contribution in [1.82, 2.24) is 19.6 Å². The second kappa shape index (κ2) is 3.23. The minimum atomic E-state index is -0.277. The zero-order chi connectivity index (χ0) is 11.2. The van der Waals surface area contributed by atoms with Gasteiger partial charge in [0.05, 0.1) is 24.8 Å². The predicted octanol–water partition coefficient (Wildman–Crippen LogP) is -0.261. The van der Waals surface area contributed by atoms with Crippen LogP contribution in [0.1, 0.15) is 12.7 Å². The lowest BCUT2D eigenvalue weighted by molar-refractivity contribution is 0.178. The summed E-state index contributed by atoms with van der Waals surface area (Å²) in [6.07, 6.45) is 5.24. The van der Waals surface area contributed by atoms with Crippen LogP contribution in [0.3, 0.4) is 0 Å². The van der Waals surface area contributed by atoms with E-state index in [1.165, 1.54) is 0 Å². The molecule has 1 saturated heterocycles. The van der Waals surface area contributed by atoms with Gasteiger partial charge in [-0.15, -0.1) is 10.2 Å². The molecular weight excluding hydrogens is 206 g/mol. The molecule has 3 heterocycles. The third-order valence-corrected chi connectivity index (χ3v) is 3.24. The van der Waals surface area contributed by atoms with Crippen molar-refractivity contribution in [2.45, 2.75) is 18.4 Å². The number of hydrogen-bond donors (Lipinski definition) is 1. The molecule has 1 aliphatic heterocycles. The number of nitrogens with two attached hydrogens (primary N) is 1. The molecule has 0 amide bonds. The summed E-state index contributed by atoms with van der Waals surface area (Å²) in [5.41, 5.74) is 6.53. The Morgan fingerprint density at radius 1 is 1.56 bits per heavy atom. The van der Waals surface area contributed by atoms with E-state index in [0.29, 0.717) is 13.2 Å². The van der Waals surface area contributed by atoms with Crippen LogP contribution in [0.15, 0.2) is 18.6 Å². The van der Waals surface area contributed by atoms with Gasteiger partial charge >= 0.3 is 0 Å². The fourth-order valence-electron chi connectivity index (χ4n) is 2.06. The van der Waals surface area contributed by atoms with E-state index in [-0.39, 0.29) is 11.5 Å². The van der Waals surface area contributed by atoms with Gasteiger partial charge in [-0.1, -0.05) is 0 Å². The van der Waals surface area contributed by atoms with Gasteiger partial charge in [0.1, 0.15) is 5.82 Å². The molecule has 2 N–H and O–H groups in total. The first kappa shape index (κ1) is 9.68. The molecule has 6 heteroatoms. The number of rotatable bonds is 1. The lowest BCUT2D eigenvalue weighted by atomic mass is 9.85. The van der Waals surface area contributed by atoms with Crippen LogP contribution in [-0.2, 0) is 10.2 Å². The zero-order valence-corrected chi connectivity index (χ0v) is 9.00. The molecule has 0 spiro atoms. The Bertz CT molecular complexity index is 525. The van der Waals surface area contributed by atoms with Crippen molar-refractivity contribution >= 4 is 5.65 Å². The Morgan fingerprint density at radius 2 is 2.44 bits per heavy atom. The van der Waals surface area contributed by atoms with Gasteiger partial charge in [-0.05, 0) is 6.92 Å². The van der Waals surface area contributed by atoms with E-state index in [1.807, 2.05) is 10.6 Å². The molecule has 0 aliphatic carbocycles. The molecule has 0 saturated carbocycles. The average molecular weight is 219 g/mol. The lowest BCUT2D eigenvalue weighted by Gasteiger charge is -2.24. The Morgan fingerprint density at radius 3 is 3.19 bits per heavy atom. The first-order valence-electron chi connectivity index (χ1n) is 5.20. The molecule has 6 nitrogen and oxygen atoms in total. The number of ether oxygens (including phenoxy) is 1. The number of aromatic nitrogens is 4. The summed E-state index contributed by atoms with van der Waals surface area (Å²) in [6, 6.07) is -0.0481.